The largest absolute Gasteiger partial charge is 0.497 e. The highest BCUT2D eigenvalue weighted by Gasteiger charge is 2.16. The van der Waals surface area contributed by atoms with Gasteiger partial charge < -0.3 is 15.8 Å². The SMILES string of the molecule is COc1ccc(C(=O)Nc2ccc(S(=O)(=O)NC(C)=O)cc2)c(N)c1. The van der Waals surface area contributed by atoms with Crippen molar-refractivity contribution in [2.45, 2.75) is 11.8 Å². The van der Waals surface area contributed by atoms with Crippen molar-refractivity contribution in [3.63, 3.8) is 0 Å². The first kappa shape index (κ1) is 18.3. The summed E-state index contributed by atoms with van der Waals surface area (Å²) in [6.45, 7) is 1.10. The highest BCUT2D eigenvalue weighted by molar-refractivity contribution is 7.90. The Hall–Kier alpha value is -3.07. The number of methoxy groups -OCH3 is 1. The summed E-state index contributed by atoms with van der Waals surface area (Å²) >= 11 is 0. The molecule has 2 amide bonds. The maximum atomic E-state index is 12.3. The molecule has 2 aromatic carbocycles. The quantitative estimate of drug-likeness (QED) is 0.688. The molecule has 0 aromatic heterocycles. The van der Waals surface area contributed by atoms with Gasteiger partial charge in [-0.25, -0.2) is 13.1 Å². The van der Waals surface area contributed by atoms with Gasteiger partial charge in [0.1, 0.15) is 5.75 Å². The Labute approximate surface area is 145 Å². The highest BCUT2D eigenvalue weighted by Crippen LogP contribution is 2.21. The summed E-state index contributed by atoms with van der Waals surface area (Å²) in [4.78, 5) is 23.1. The Kier molecular flexibility index (Phi) is 5.28. The molecule has 0 bridgehead atoms. The van der Waals surface area contributed by atoms with Gasteiger partial charge >= 0.3 is 0 Å². The number of hydrogen-bond donors (Lipinski definition) is 3. The number of carbonyl (C=O) groups is 2. The average Bonchev–Trinajstić information content (AvgIpc) is 2.53. The van der Waals surface area contributed by atoms with E-state index in [0.717, 1.165) is 6.92 Å². The fourth-order valence-corrected chi connectivity index (χ4v) is 3.03. The fourth-order valence-electron chi connectivity index (χ4n) is 2.04. The molecule has 0 unspecified atom stereocenters. The van der Waals surface area contributed by atoms with Crippen molar-refractivity contribution in [3.8, 4) is 5.75 Å². The molecule has 0 saturated carbocycles. The number of ether oxygens (including phenoxy) is 1. The summed E-state index contributed by atoms with van der Waals surface area (Å²) in [5.41, 5.74) is 6.71. The van der Waals surface area contributed by atoms with Gasteiger partial charge in [0.05, 0.1) is 17.6 Å². The fraction of sp³-hybridized carbons (Fsp3) is 0.125. The minimum absolute atomic E-state index is 0.0929. The average molecular weight is 363 g/mol. The van der Waals surface area contributed by atoms with Crippen molar-refractivity contribution < 1.29 is 22.7 Å². The predicted octanol–water partition coefficient (Wildman–Crippen LogP) is 1.35. The number of carbonyl (C=O) groups excluding carboxylic acids is 2. The van der Waals surface area contributed by atoms with Gasteiger partial charge in [-0.2, -0.15) is 0 Å². The van der Waals surface area contributed by atoms with Crippen molar-refractivity contribution in [2.24, 2.45) is 0 Å². The first-order valence-electron chi connectivity index (χ1n) is 7.11. The van der Waals surface area contributed by atoms with Crippen LogP contribution in [0.2, 0.25) is 0 Å². The van der Waals surface area contributed by atoms with E-state index in [0.29, 0.717) is 11.4 Å². The second-order valence-corrected chi connectivity index (χ2v) is 6.78. The van der Waals surface area contributed by atoms with Crippen LogP contribution < -0.4 is 20.5 Å². The van der Waals surface area contributed by atoms with Crippen LogP contribution in [0.25, 0.3) is 0 Å². The lowest BCUT2D eigenvalue weighted by atomic mass is 10.1. The molecule has 0 aliphatic heterocycles. The van der Waals surface area contributed by atoms with E-state index in [9.17, 15) is 18.0 Å². The van der Waals surface area contributed by atoms with Crippen LogP contribution in [-0.4, -0.2) is 27.3 Å². The molecule has 9 heteroatoms. The van der Waals surface area contributed by atoms with Crippen molar-refractivity contribution in [1.82, 2.24) is 4.72 Å². The van der Waals surface area contributed by atoms with Gasteiger partial charge in [-0.1, -0.05) is 0 Å². The second kappa shape index (κ2) is 7.22. The lowest BCUT2D eigenvalue weighted by Crippen LogP contribution is -2.28. The van der Waals surface area contributed by atoms with Crippen molar-refractivity contribution in [3.05, 3.63) is 48.0 Å². The van der Waals surface area contributed by atoms with Gasteiger partial charge in [0.15, 0.2) is 0 Å². The Morgan fingerprint density at radius 1 is 1.08 bits per heavy atom. The van der Waals surface area contributed by atoms with E-state index in [1.807, 2.05) is 4.72 Å². The first-order valence-corrected chi connectivity index (χ1v) is 8.59. The number of nitrogen functional groups attached to an aromatic ring is 1. The predicted molar refractivity (Wildman–Crippen MR) is 92.8 cm³/mol. The van der Waals surface area contributed by atoms with E-state index in [1.165, 1.54) is 43.5 Å². The molecule has 25 heavy (non-hydrogen) atoms. The van der Waals surface area contributed by atoms with Gasteiger partial charge in [0.2, 0.25) is 5.91 Å². The molecular formula is C16H17N3O5S. The van der Waals surface area contributed by atoms with E-state index in [2.05, 4.69) is 5.32 Å². The van der Waals surface area contributed by atoms with Crippen LogP contribution >= 0.6 is 0 Å². The van der Waals surface area contributed by atoms with Gasteiger partial charge in [0.25, 0.3) is 15.9 Å². The number of sulfonamides is 1. The second-order valence-electron chi connectivity index (χ2n) is 5.09. The Morgan fingerprint density at radius 2 is 1.72 bits per heavy atom. The smallest absolute Gasteiger partial charge is 0.264 e. The van der Waals surface area contributed by atoms with Crippen LogP contribution in [0.5, 0.6) is 5.75 Å². The van der Waals surface area contributed by atoms with E-state index < -0.39 is 21.8 Å². The van der Waals surface area contributed by atoms with Crippen LogP contribution in [0.1, 0.15) is 17.3 Å². The van der Waals surface area contributed by atoms with Crippen molar-refractivity contribution in [2.75, 3.05) is 18.2 Å². The monoisotopic (exact) mass is 363 g/mol. The molecule has 0 saturated heterocycles. The summed E-state index contributed by atoms with van der Waals surface area (Å²) in [6.07, 6.45) is 0. The van der Waals surface area contributed by atoms with Gasteiger partial charge in [-0.05, 0) is 36.4 Å². The molecule has 0 radical (unpaired) electrons. The molecule has 0 fully saturated rings. The zero-order valence-electron chi connectivity index (χ0n) is 13.6. The lowest BCUT2D eigenvalue weighted by Gasteiger charge is -2.10. The van der Waals surface area contributed by atoms with Crippen LogP contribution in [0.3, 0.4) is 0 Å². The molecule has 0 spiro atoms. The van der Waals surface area contributed by atoms with Crippen LogP contribution in [0, 0.1) is 0 Å². The molecule has 0 aliphatic rings. The van der Waals surface area contributed by atoms with Gasteiger partial charge in [-0.3, -0.25) is 9.59 Å². The van der Waals surface area contributed by atoms with E-state index >= 15 is 0 Å². The first-order chi connectivity index (χ1) is 11.7. The summed E-state index contributed by atoms with van der Waals surface area (Å²) in [6, 6.07) is 10.0. The third-order valence-corrected chi connectivity index (χ3v) is 4.65. The summed E-state index contributed by atoms with van der Waals surface area (Å²) < 4.78 is 30.6. The standard InChI is InChI=1S/C16H17N3O5S/c1-10(20)19-25(22,23)13-6-3-11(4-7-13)18-16(21)14-8-5-12(24-2)9-15(14)17/h3-9H,17H2,1-2H3,(H,18,21)(H,19,20). The lowest BCUT2D eigenvalue weighted by molar-refractivity contribution is -0.117. The summed E-state index contributed by atoms with van der Waals surface area (Å²) in [5.74, 6) is -0.605. The van der Waals surface area contributed by atoms with E-state index in [1.54, 1.807) is 6.07 Å². The Morgan fingerprint density at radius 3 is 2.24 bits per heavy atom. The van der Waals surface area contributed by atoms with Crippen molar-refractivity contribution >= 4 is 33.2 Å². The minimum atomic E-state index is -3.92. The number of nitrogens with two attached hydrogens (primary N) is 1. The molecule has 0 atom stereocenters. The maximum Gasteiger partial charge on any atom is 0.264 e. The van der Waals surface area contributed by atoms with Gasteiger partial charge in [-0.15, -0.1) is 0 Å². The van der Waals surface area contributed by atoms with Crippen molar-refractivity contribution in [1.29, 1.82) is 0 Å². The Bertz CT molecular complexity index is 908. The zero-order chi connectivity index (χ0) is 18.6. The van der Waals surface area contributed by atoms with Crippen LogP contribution in [0.15, 0.2) is 47.4 Å². The number of amides is 2. The molecule has 4 N–H and O–H groups in total. The van der Waals surface area contributed by atoms with Gasteiger partial charge in [0, 0.05) is 24.4 Å². The summed E-state index contributed by atoms with van der Waals surface area (Å²) in [7, 11) is -2.43. The minimum Gasteiger partial charge on any atom is -0.497 e. The van der Waals surface area contributed by atoms with E-state index in [-0.39, 0.29) is 16.1 Å². The molecule has 8 nitrogen and oxygen atoms in total. The third kappa shape index (κ3) is 4.48. The number of benzene rings is 2. The maximum absolute atomic E-state index is 12.3. The number of anilines is 2. The zero-order valence-corrected chi connectivity index (χ0v) is 14.4. The third-order valence-electron chi connectivity index (χ3n) is 3.20. The normalized spacial score (nSPS) is 10.8. The topological polar surface area (TPSA) is 128 Å². The Balaban J connectivity index is 2.16. The number of nitrogens with one attached hydrogen (secondary N) is 2. The molecular weight excluding hydrogens is 346 g/mol. The molecule has 0 aliphatic carbocycles. The molecule has 0 heterocycles. The van der Waals surface area contributed by atoms with Crippen LogP contribution in [0.4, 0.5) is 11.4 Å². The van der Waals surface area contributed by atoms with Crippen LogP contribution in [-0.2, 0) is 14.8 Å². The number of rotatable bonds is 5. The molecule has 2 aromatic rings. The highest BCUT2D eigenvalue weighted by atomic mass is 32.2. The number of hydrogen-bond acceptors (Lipinski definition) is 6. The van der Waals surface area contributed by atoms with E-state index in [4.69, 9.17) is 10.5 Å². The molecule has 2 rings (SSSR count). The summed E-state index contributed by atoms with van der Waals surface area (Å²) in [5, 5.41) is 2.61. The molecule has 132 valence electrons.